The summed E-state index contributed by atoms with van der Waals surface area (Å²) < 4.78 is 28.7. The summed E-state index contributed by atoms with van der Waals surface area (Å²) in [6, 6.07) is 19.6. The van der Waals surface area contributed by atoms with Crippen molar-refractivity contribution in [1.29, 1.82) is 0 Å². The van der Waals surface area contributed by atoms with E-state index in [1.165, 1.54) is 29.2 Å². The van der Waals surface area contributed by atoms with Crippen LogP contribution in [-0.2, 0) is 26.2 Å². The van der Waals surface area contributed by atoms with Gasteiger partial charge in [-0.2, -0.15) is 0 Å². The predicted octanol–water partition coefficient (Wildman–Crippen LogP) is 4.71. The second-order valence-electron chi connectivity index (χ2n) is 8.83. The molecule has 7 nitrogen and oxygen atoms in total. The van der Waals surface area contributed by atoms with E-state index in [9.17, 15) is 18.0 Å². The highest BCUT2D eigenvalue weighted by Crippen LogP contribution is 2.28. The second kappa shape index (κ2) is 12.3. The van der Waals surface area contributed by atoms with Gasteiger partial charge >= 0.3 is 0 Å². The van der Waals surface area contributed by atoms with Gasteiger partial charge < -0.3 is 10.2 Å². The minimum Gasteiger partial charge on any atom is -0.355 e. The molecule has 0 aliphatic heterocycles. The maximum atomic E-state index is 13.8. The van der Waals surface area contributed by atoms with Crippen molar-refractivity contribution in [3.8, 4) is 0 Å². The van der Waals surface area contributed by atoms with Gasteiger partial charge in [0.2, 0.25) is 11.8 Å². The number of sulfonamides is 1. The van der Waals surface area contributed by atoms with Gasteiger partial charge in [0, 0.05) is 18.1 Å². The van der Waals surface area contributed by atoms with E-state index in [1.54, 1.807) is 45.0 Å². The highest BCUT2D eigenvalue weighted by molar-refractivity contribution is 7.92. The van der Waals surface area contributed by atoms with E-state index in [1.807, 2.05) is 31.2 Å². The van der Waals surface area contributed by atoms with E-state index in [0.717, 1.165) is 15.4 Å². The van der Waals surface area contributed by atoms with Gasteiger partial charge in [0.15, 0.2) is 0 Å². The molecule has 0 saturated heterocycles. The summed E-state index contributed by atoms with van der Waals surface area (Å²) in [5, 5.41) is 3.15. The highest BCUT2D eigenvalue weighted by atomic mass is 35.5. The number of nitrogens with one attached hydrogen (secondary N) is 1. The maximum absolute atomic E-state index is 13.8. The summed E-state index contributed by atoms with van der Waals surface area (Å²) in [6.07, 6.45) is 0. The number of hydrogen-bond donors (Lipinski definition) is 1. The first kappa shape index (κ1) is 28.2. The molecule has 1 atom stereocenters. The number of benzene rings is 3. The van der Waals surface area contributed by atoms with Crippen LogP contribution < -0.4 is 9.62 Å². The molecular formula is C28H32ClN3O4S. The van der Waals surface area contributed by atoms with Crippen LogP contribution in [0, 0.1) is 13.8 Å². The van der Waals surface area contributed by atoms with Gasteiger partial charge in [0.05, 0.1) is 10.6 Å². The largest absolute Gasteiger partial charge is 0.355 e. The zero-order valence-corrected chi connectivity index (χ0v) is 23.0. The van der Waals surface area contributed by atoms with E-state index in [4.69, 9.17) is 11.6 Å². The fourth-order valence-electron chi connectivity index (χ4n) is 3.89. The number of nitrogens with zero attached hydrogens (tertiary/aromatic N) is 2. The fraction of sp³-hybridized carbons (Fsp3) is 0.286. The van der Waals surface area contributed by atoms with Crippen LogP contribution in [0.2, 0.25) is 5.02 Å². The summed E-state index contributed by atoms with van der Waals surface area (Å²) in [7, 11) is -4.13. The monoisotopic (exact) mass is 541 g/mol. The van der Waals surface area contributed by atoms with E-state index in [2.05, 4.69) is 5.32 Å². The van der Waals surface area contributed by atoms with Crippen molar-refractivity contribution in [3.05, 3.63) is 94.5 Å². The van der Waals surface area contributed by atoms with Crippen molar-refractivity contribution in [2.45, 2.75) is 45.2 Å². The fourth-order valence-corrected chi connectivity index (χ4v) is 5.49. The molecule has 0 fully saturated rings. The number of aryl methyl sites for hydroxylation is 2. The number of hydrogen-bond acceptors (Lipinski definition) is 4. The minimum atomic E-state index is -4.13. The molecule has 0 heterocycles. The Kier molecular flexibility index (Phi) is 9.34. The van der Waals surface area contributed by atoms with E-state index >= 15 is 0 Å². The molecule has 196 valence electrons. The van der Waals surface area contributed by atoms with Crippen molar-refractivity contribution >= 4 is 39.1 Å². The van der Waals surface area contributed by atoms with Crippen LogP contribution in [0.1, 0.15) is 30.5 Å². The smallest absolute Gasteiger partial charge is 0.264 e. The topological polar surface area (TPSA) is 86.8 Å². The quantitative estimate of drug-likeness (QED) is 0.403. The average molecular weight is 542 g/mol. The van der Waals surface area contributed by atoms with Crippen LogP contribution in [0.5, 0.6) is 0 Å². The normalized spacial score (nSPS) is 12.0. The third-order valence-corrected chi connectivity index (χ3v) is 8.08. The first-order valence-electron chi connectivity index (χ1n) is 12.0. The van der Waals surface area contributed by atoms with Gasteiger partial charge in [-0.25, -0.2) is 8.42 Å². The van der Waals surface area contributed by atoms with E-state index in [0.29, 0.717) is 22.8 Å². The Morgan fingerprint density at radius 1 is 0.946 bits per heavy atom. The number of carbonyl (C=O) groups is 2. The molecule has 0 unspecified atom stereocenters. The number of anilines is 1. The molecule has 0 bridgehead atoms. The molecule has 0 radical (unpaired) electrons. The lowest BCUT2D eigenvalue weighted by molar-refractivity contribution is -0.139. The first-order chi connectivity index (χ1) is 17.5. The van der Waals surface area contributed by atoms with Crippen LogP contribution in [-0.4, -0.2) is 44.3 Å². The molecular weight excluding hydrogens is 510 g/mol. The van der Waals surface area contributed by atoms with Crippen LogP contribution in [0.25, 0.3) is 0 Å². The number of halogens is 1. The lowest BCUT2D eigenvalue weighted by Gasteiger charge is -2.32. The molecule has 0 saturated carbocycles. The molecule has 9 heteroatoms. The van der Waals surface area contributed by atoms with Crippen molar-refractivity contribution in [1.82, 2.24) is 10.2 Å². The summed E-state index contributed by atoms with van der Waals surface area (Å²) in [5.74, 6) is -0.814. The van der Waals surface area contributed by atoms with E-state index in [-0.39, 0.29) is 17.3 Å². The van der Waals surface area contributed by atoms with Crippen molar-refractivity contribution in [3.63, 3.8) is 0 Å². The Bertz CT molecular complexity index is 1340. The Balaban J connectivity index is 2.03. The van der Waals surface area contributed by atoms with Crippen LogP contribution in [0.3, 0.4) is 0 Å². The SMILES string of the molecule is CCNC(=O)[C@@H](C)N(Cc1ccc(C)cc1)C(=O)CN(c1ccccc1C)S(=O)(=O)c1ccc(Cl)cc1. The van der Waals surface area contributed by atoms with Gasteiger partial charge in [-0.15, -0.1) is 0 Å². The summed E-state index contributed by atoms with van der Waals surface area (Å²) in [5.41, 5.74) is 2.97. The van der Waals surface area contributed by atoms with Gasteiger partial charge in [-0.1, -0.05) is 59.6 Å². The zero-order valence-electron chi connectivity index (χ0n) is 21.4. The van der Waals surface area contributed by atoms with Crippen molar-refractivity contribution in [2.75, 3.05) is 17.4 Å². The molecule has 0 aliphatic rings. The molecule has 3 rings (SSSR count). The van der Waals surface area contributed by atoms with Gasteiger partial charge in [-0.05, 0) is 69.2 Å². The Hall–Kier alpha value is -3.36. The number of rotatable bonds is 10. The zero-order chi connectivity index (χ0) is 27.2. The molecule has 37 heavy (non-hydrogen) atoms. The number of amides is 2. The molecule has 3 aromatic carbocycles. The lowest BCUT2D eigenvalue weighted by atomic mass is 10.1. The Morgan fingerprint density at radius 3 is 2.16 bits per heavy atom. The Labute approximate surface area is 224 Å². The number of likely N-dealkylation sites (N-methyl/N-ethyl adjacent to an activating group) is 1. The minimum absolute atomic E-state index is 0.00909. The Morgan fingerprint density at radius 2 is 1.57 bits per heavy atom. The van der Waals surface area contributed by atoms with Crippen molar-refractivity contribution in [2.24, 2.45) is 0 Å². The molecule has 0 spiro atoms. The third kappa shape index (κ3) is 6.90. The molecule has 2 amide bonds. The maximum Gasteiger partial charge on any atom is 0.264 e. The molecule has 3 aromatic rings. The molecule has 1 N–H and O–H groups in total. The summed E-state index contributed by atoms with van der Waals surface area (Å²) in [6.45, 7) is 7.27. The summed E-state index contributed by atoms with van der Waals surface area (Å²) >= 11 is 5.98. The third-order valence-electron chi connectivity index (χ3n) is 6.06. The predicted molar refractivity (Wildman–Crippen MR) is 147 cm³/mol. The molecule has 0 aromatic heterocycles. The first-order valence-corrected chi connectivity index (χ1v) is 13.8. The lowest BCUT2D eigenvalue weighted by Crippen LogP contribution is -2.51. The van der Waals surface area contributed by atoms with Crippen LogP contribution >= 0.6 is 11.6 Å². The average Bonchev–Trinajstić information content (AvgIpc) is 2.87. The molecule has 0 aliphatic carbocycles. The van der Waals surface area contributed by atoms with Crippen LogP contribution in [0.15, 0.2) is 77.7 Å². The van der Waals surface area contributed by atoms with Gasteiger partial charge in [0.1, 0.15) is 12.6 Å². The van der Waals surface area contributed by atoms with Crippen molar-refractivity contribution < 1.29 is 18.0 Å². The van der Waals surface area contributed by atoms with Crippen LogP contribution in [0.4, 0.5) is 5.69 Å². The number of para-hydroxylation sites is 1. The van der Waals surface area contributed by atoms with Gasteiger partial charge in [0.25, 0.3) is 10.0 Å². The highest BCUT2D eigenvalue weighted by Gasteiger charge is 2.33. The number of carbonyl (C=O) groups excluding carboxylic acids is 2. The standard InChI is InChI=1S/C28H32ClN3O4S/c1-5-30-28(34)22(4)31(18-23-12-10-20(2)11-13-23)27(33)19-32(26-9-7-6-8-21(26)3)37(35,36)25-16-14-24(29)15-17-25/h6-17,22H,5,18-19H2,1-4H3,(H,30,34)/t22-/m1/s1. The van der Waals surface area contributed by atoms with E-state index < -0.39 is 28.5 Å². The summed E-state index contributed by atoms with van der Waals surface area (Å²) in [4.78, 5) is 28.0. The van der Waals surface area contributed by atoms with Gasteiger partial charge in [-0.3, -0.25) is 13.9 Å². The second-order valence-corrected chi connectivity index (χ2v) is 11.1.